The third-order valence-electron chi connectivity index (χ3n) is 2.61. The topological polar surface area (TPSA) is 62.7 Å². The van der Waals surface area contributed by atoms with Gasteiger partial charge in [-0.2, -0.15) is 0 Å². The molecular formula is C12H16N4O. The maximum Gasteiger partial charge on any atom is 0.267 e. The lowest BCUT2D eigenvalue weighted by molar-refractivity contribution is 0.0945. The van der Waals surface area contributed by atoms with Gasteiger partial charge in [0.1, 0.15) is 11.5 Å². The smallest absolute Gasteiger partial charge is 0.267 e. The van der Waals surface area contributed by atoms with Crippen LogP contribution in [-0.4, -0.2) is 27.0 Å². The van der Waals surface area contributed by atoms with Gasteiger partial charge in [-0.3, -0.25) is 4.79 Å². The maximum absolute atomic E-state index is 11.9. The lowest BCUT2D eigenvalue weighted by atomic mass is 10.3. The van der Waals surface area contributed by atoms with Gasteiger partial charge in [-0.05, 0) is 19.1 Å². The van der Waals surface area contributed by atoms with E-state index in [4.69, 9.17) is 0 Å². The number of amides is 1. The van der Waals surface area contributed by atoms with Crippen molar-refractivity contribution in [3.63, 3.8) is 0 Å². The number of hydrogen-bond donors (Lipinski definition) is 2. The molecule has 2 heterocycles. The first kappa shape index (κ1) is 11.4. The summed E-state index contributed by atoms with van der Waals surface area (Å²) in [5, 5.41) is 2.88. The van der Waals surface area contributed by atoms with Gasteiger partial charge in [-0.1, -0.05) is 0 Å². The van der Waals surface area contributed by atoms with E-state index in [1.165, 1.54) is 0 Å². The Morgan fingerprint density at radius 3 is 3.18 bits per heavy atom. The van der Waals surface area contributed by atoms with Gasteiger partial charge in [0, 0.05) is 38.1 Å². The van der Waals surface area contributed by atoms with Crippen LogP contribution < -0.4 is 5.32 Å². The molecule has 0 radical (unpaired) electrons. The summed E-state index contributed by atoms with van der Waals surface area (Å²) in [4.78, 5) is 18.9. The lowest BCUT2D eigenvalue weighted by Gasteiger charge is -2.06. The van der Waals surface area contributed by atoms with Crippen molar-refractivity contribution in [3.8, 4) is 0 Å². The zero-order valence-electron chi connectivity index (χ0n) is 9.81. The fraction of sp³-hybridized carbons (Fsp3) is 0.333. The number of aromatic nitrogens is 3. The molecule has 0 spiro atoms. The zero-order chi connectivity index (χ0) is 12.1. The summed E-state index contributed by atoms with van der Waals surface area (Å²) in [6.45, 7) is 3.40. The fourth-order valence-corrected chi connectivity index (χ4v) is 1.72. The minimum absolute atomic E-state index is 0.0385. The standard InChI is InChI=1S/C12H16N4O/c1-2-16-9-3-4-10(16)12(17)15-6-5-11-13-7-8-14-11/h3-4,7-9H,2,5-6H2,1H3,(H,13,14)(H,15,17). The van der Waals surface area contributed by atoms with E-state index in [-0.39, 0.29) is 5.91 Å². The highest BCUT2D eigenvalue weighted by Crippen LogP contribution is 2.01. The van der Waals surface area contributed by atoms with Gasteiger partial charge in [-0.25, -0.2) is 4.98 Å². The number of carbonyl (C=O) groups is 1. The van der Waals surface area contributed by atoms with E-state index in [0.717, 1.165) is 12.4 Å². The van der Waals surface area contributed by atoms with Gasteiger partial charge < -0.3 is 14.9 Å². The SMILES string of the molecule is CCn1cccc1C(=O)NCCc1ncc[nH]1. The molecule has 2 aromatic rings. The molecule has 0 fully saturated rings. The van der Waals surface area contributed by atoms with Gasteiger partial charge in [0.15, 0.2) is 0 Å². The number of imidazole rings is 1. The Labute approximate surface area is 99.9 Å². The molecule has 90 valence electrons. The molecule has 2 N–H and O–H groups in total. The van der Waals surface area contributed by atoms with Crippen molar-refractivity contribution in [3.05, 3.63) is 42.2 Å². The summed E-state index contributed by atoms with van der Waals surface area (Å²) >= 11 is 0. The predicted octanol–water partition coefficient (Wildman–Crippen LogP) is 1.20. The summed E-state index contributed by atoms with van der Waals surface area (Å²) in [5.41, 5.74) is 0.701. The number of aromatic amines is 1. The molecule has 5 heteroatoms. The summed E-state index contributed by atoms with van der Waals surface area (Å²) < 4.78 is 1.92. The van der Waals surface area contributed by atoms with E-state index in [1.54, 1.807) is 12.4 Å². The highest BCUT2D eigenvalue weighted by Gasteiger charge is 2.08. The first-order valence-electron chi connectivity index (χ1n) is 5.73. The van der Waals surface area contributed by atoms with Crippen LogP contribution in [0.2, 0.25) is 0 Å². The summed E-state index contributed by atoms with van der Waals surface area (Å²) in [6, 6.07) is 3.71. The van der Waals surface area contributed by atoms with Gasteiger partial charge in [0.25, 0.3) is 5.91 Å². The highest BCUT2D eigenvalue weighted by molar-refractivity contribution is 5.92. The second-order valence-corrected chi connectivity index (χ2v) is 3.72. The lowest BCUT2D eigenvalue weighted by Crippen LogP contribution is -2.27. The van der Waals surface area contributed by atoms with Crippen LogP contribution in [0.25, 0.3) is 0 Å². The summed E-state index contributed by atoms with van der Waals surface area (Å²) in [5.74, 6) is 0.847. The normalized spacial score (nSPS) is 10.4. The Morgan fingerprint density at radius 2 is 2.47 bits per heavy atom. The van der Waals surface area contributed by atoms with Gasteiger partial charge >= 0.3 is 0 Å². The zero-order valence-corrected chi connectivity index (χ0v) is 9.81. The van der Waals surface area contributed by atoms with E-state index in [0.29, 0.717) is 18.7 Å². The number of nitrogens with one attached hydrogen (secondary N) is 2. The first-order valence-corrected chi connectivity index (χ1v) is 5.73. The van der Waals surface area contributed by atoms with E-state index >= 15 is 0 Å². The number of H-pyrrole nitrogens is 1. The Kier molecular flexibility index (Phi) is 3.59. The monoisotopic (exact) mass is 232 g/mol. The minimum Gasteiger partial charge on any atom is -0.350 e. The molecule has 0 aliphatic rings. The van der Waals surface area contributed by atoms with Crippen molar-refractivity contribution in [2.45, 2.75) is 19.9 Å². The van der Waals surface area contributed by atoms with Gasteiger partial charge in [0.05, 0.1) is 0 Å². The van der Waals surface area contributed by atoms with Crippen LogP contribution in [0.1, 0.15) is 23.2 Å². The Bertz CT molecular complexity index is 472. The third-order valence-corrected chi connectivity index (χ3v) is 2.61. The summed E-state index contributed by atoms with van der Waals surface area (Å²) in [6.07, 6.45) is 6.10. The number of carbonyl (C=O) groups excluding carboxylic acids is 1. The van der Waals surface area contributed by atoms with Gasteiger partial charge in [-0.15, -0.1) is 0 Å². The molecular weight excluding hydrogens is 216 g/mol. The molecule has 17 heavy (non-hydrogen) atoms. The minimum atomic E-state index is -0.0385. The second kappa shape index (κ2) is 5.34. The van der Waals surface area contributed by atoms with E-state index in [1.807, 2.05) is 29.8 Å². The number of hydrogen-bond acceptors (Lipinski definition) is 2. The molecule has 0 saturated heterocycles. The molecule has 1 amide bonds. The van der Waals surface area contributed by atoms with E-state index < -0.39 is 0 Å². The first-order chi connectivity index (χ1) is 8.31. The molecule has 0 aromatic carbocycles. The van der Waals surface area contributed by atoms with E-state index in [2.05, 4.69) is 15.3 Å². The Hall–Kier alpha value is -2.04. The molecule has 0 aliphatic heterocycles. The van der Waals surface area contributed by atoms with Crippen LogP contribution in [0.5, 0.6) is 0 Å². The van der Waals surface area contributed by atoms with Crippen LogP contribution in [0.15, 0.2) is 30.7 Å². The number of aryl methyl sites for hydroxylation is 1. The molecule has 0 unspecified atom stereocenters. The second-order valence-electron chi connectivity index (χ2n) is 3.72. The van der Waals surface area contributed by atoms with Gasteiger partial charge in [0.2, 0.25) is 0 Å². The molecule has 2 aromatic heterocycles. The number of rotatable bonds is 5. The molecule has 0 bridgehead atoms. The Balaban J connectivity index is 1.85. The summed E-state index contributed by atoms with van der Waals surface area (Å²) in [7, 11) is 0. The van der Waals surface area contributed by atoms with Crippen molar-refractivity contribution in [1.29, 1.82) is 0 Å². The molecule has 0 saturated carbocycles. The Morgan fingerprint density at radius 1 is 1.59 bits per heavy atom. The molecule has 0 atom stereocenters. The van der Waals surface area contributed by atoms with Crippen LogP contribution in [0.4, 0.5) is 0 Å². The average molecular weight is 232 g/mol. The van der Waals surface area contributed by atoms with Crippen LogP contribution in [0.3, 0.4) is 0 Å². The van der Waals surface area contributed by atoms with Crippen molar-refractivity contribution < 1.29 is 4.79 Å². The highest BCUT2D eigenvalue weighted by atomic mass is 16.1. The van der Waals surface area contributed by atoms with Crippen LogP contribution in [-0.2, 0) is 13.0 Å². The quantitative estimate of drug-likeness (QED) is 0.813. The molecule has 5 nitrogen and oxygen atoms in total. The van der Waals surface area contributed by atoms with Crippen LogP contribution in [0, 0.1) is 0 Å². The third kappa shape index (κ3) is 2.75. The largest absolute Gasteiger partial charge is 0.350 e. The fourth-order valence-electron chi connectivity index (χ4n) is 1.72. The van der Waals surface area contributed by atoms with Crippen molar-refractivity contribution in [2.75, 3.05) is 6.54 Å². The average Bonchev–Trinajstić information content (AvgIpc) is 2.99. The molecule has 0 aliphatic carbocycles. The van der Waals surface area contributed by atoms with Crippen LogP contribution >= 0.6 is 0 Å². The maximum atomic E-state index is 11.9. The van der Waals surface area contributed by atoms with Crippen molar-refractivity contribution in [1.82, 2.24) is 19.9 Å². The molecule has 2 rings (SSSR count). The van der Waals surface area contributed by atoms with E-state index in [9.17, 15) is 4.79 Å². The van der Waals surface area contributed by atoms with Crippen molar-refractivity contribution in [2.24, 2.45) is 0 Å². The predicted molar refractivity (Wildman–Crippen MR) is 64.7 cm³/mol. The number of nitrogens with zero attached hydrogens (tertiary/aromatic N) is 2. The van der Waals surface area contributed by atoms with Crippen molar-refractivity contribution >= 4 is 5.91 Å².